The zero-order valence-corrected chi connectivity index (χ0v) is 20.7. The van der Waals surface area contributed by atoms with Gasteiger partial charge >= 0.3 is 0 Å². The van der Waals surface area contributed by atoms with Crippen LogP contribution in [0.5, 0.6) is 0 Å². The first-order valence-corrected chi connectivity index (χ1v) is 13.2. The summed E-state index contributed by atoms with van der Waals surface area (Å²) in [7, 11) is -1.75. The first-order valence-electron chi connectivity index (χ1n) is 11.8. The van der Waals surface area contributed by atoms with Crippen molar-refractivity contribution in [2.45, 2.75) is 25.2 Å². The number of piperazine rings is 1. The fraction of sp³-hybridized carbons (Fsp3) is 0.296. The van der Waals surface area contributed by atoms with Crippen LogP contribution in [0.1, 0.15) is 23.7 Å². The van der Waals surface area contributed by atoms with Gasteiger partial charge in [0, 0.05) is 48.2 Å². The van der Waals surface area contributed by atoms with Crippen LogP contribution in [-0.4, -0.2) is 61.7 Å². The Hall–Kier alpha value is -3.16. The molecule has 0 bridgehead atoms. The van der Waals surface area contributed by atoms with Gasteiger partial charge in [0.1, 0.15) is 0 Å². The number of likely N-dealkylation sites (N-methyl/N-ethyl adjacent to an activating group) is 1. The molecule has 176 valence electrons. The molecule has 4 aromatic rings. The maximum absolute atomic E-state index is 14.3. The van der Waals surface area contributed by atoms with Crippen molar-refractivity contribution in [3.05, 3.63) is 77.5 Å². The smallest absolute Gasteiger partial charge is 0.269 e. The van der Waals surface area contributed by atoms with Crippen molar-refractivity contribution in [1.82, 2.24) is 13.9 Å². The van der Waals surface area contributed by atoms with Crippen molar-refractivity contribution >= 4 is 37.9 Å². The maximum Gasteiger partial charge on any atom is 0.269 e. The molecule has 1 saturated heterocycles. The number of aromatic nitrogens is 1. The van der Waals surface area contributed by atoms with E-state index >= 15 is 0 Å². The van der Waals surface area contributed by atoms with E-state index in [0.29, 0.717) is 22.5 Å². The molecule has 0 N–H and O–H groups in total. The molecule has 1 aliphatic rings. The molecule has 2 heterocycles. The predicted molar refractivity (Wildman–Crippen MR) is 139 cm³/mol. The lowest BCUT2D eigenvalue weighted by Crippen LogP contribution is -2.41. The Bertz CT molecular complexity index is 1500. The first-order chi connectivity index (χ1) is 16.4. The van der Waals surface area contributed by atoms with Gasteiger partial charge in [-0.3, -0.25) is 5.01 Å². The highest BCUT2D eigenvalue weighted by Gasteiger charge is 2.28. The normalized spacial score (nSPS) is 15.7. The Morgan fingerprint density at radius 2 is 1.59 bits per heavy atom. The molecular weight excluding hydrogens is 444 g/mol. The van der Waals surface area contributed by atoms with Crippen LogP contribution in [-0.2, 0) is 16.4 Å². The average molecular weight is 475 g/mol. The van der Waals surface area contributed by atoms with Crippen LogP contribution in [0.15, 0.2) is 70.7 Å². The predicted octanol–water partition coefficient (Wildman–Crippen LogP) is 4.48. The van der Waals surface area contributed by atoms with E-state index in [4.69, 9.17) is 5.10 Å². The summed E-state index contributed by atoms with van der Waals surface area (Å²) in [5.41, 5.74) is 3.02. The van der Waals surface area contributed by atoms with E-state index in [2.05, 4.69) is 17.0 Å². The van der Waals surface area contributed by atoms with Crippen LogP contribution in [0, 0.1) is 6.92 Å². The van der Waals surface area contributed by atoms with Crippen molar-refractivity contribution in [3.63, 3.8) is 0 Å². The zero-order chi connectivity index (χ0) is 23.9. The lowest BCUT2D eigenvalue weighted by Gasteiger charge is -2.30. The van der Waals surface area contributed by atoms with Gasteiger partial charge in [0.25, 0.3) is 10.0 Å². The Balaban J connectivity index is 1.70. The maximum atomic E-state index is 14.3. The molecule has 0 aliphatic carbocycles. The zero-order valence-electron chi connectivity index (χ0n) is 19.9. The van der Waals surface area contributed by atoms with E-state index in [1.165, 1.54) is 3.97 Å². The quantitative estimate of drug-likeness (QED) is 0.400. The van der Waals surface area contributed by atoms with E-state index < -0.39 is 10.0 Å². The van der Waals surface area contributed by atoms with Gasteiger partial charge in [-0.2, -0.15) is 5.10 Å². The number of benzene rings is 3. The summed E-state index contributed by atoms with van der Waals surface area (Å²) in [5, 5.41) is 9.35. The number of aryl methyl sites for hydroxylation is 1. The van der Waals surface area contributed by atoms with Crippen LogP contribution >= 0.6 is 0 Å². The van der Waals surface area contributed by atoms with Crippen LogP contribution in [0.4, 0.5) is 0 Å². The molecule has 0 radical (unpaired) electrons. The van der Waals surface area contributed by atoms with Crippen molar-refractivity contribution in [2.75, 3.05) is 33.2 Å². The molecule has 0 atom stereocenters. The molecule has 6 nitrogen and oxygen atoms in total. The molecule has 3 aromatic carbocycles. The van der Waals surface area contributed by atoms with E-state index in [1.807, 2.05) is 80.7 Å². The minimum Gasteiger partial charge on any atom is -0.303 e. The van der Waals surface area contributed by atoms with Gasteiger partial charge in [-0.1, -0.05) is 61.5 Å². The standard InChI is InChI=1S/C27H30N4O2S/c1-4-21-13-14-22-9-5-6-10-23(22)27(21)34(32,33)31-20(2)25(24-11-7-8-12-26(24)31)19-28-30-17-15-29(3)16-18-30/h5-14,19H,4,15-18H2,1-3H3/b28-19+. The van der Waals surface area contributed by atoms with Crippen molar-refractivity contribution in [3.8, 4) is 0 Å². The lowest BCUT2D eigenvalue weighted by atomic mass is 10.1. The van der Waals surface area contributed by atoms with Gasteiger partial charge in [0.15, 0.2) is 0 Å². The Morgan fingerprint density at radius 3 is 2.32 bits per heavy atom. The number of rotatable bonds is 5. The molecule has 0 spiro atoms. The summed E-state index contributed by atoms with van der Waals surface area (Å²) in [6.45, 7) is 7.52. The molecular formula is C27H30N4O2S. The Labute approximate surface area is 201 Å². The van der Waals surface area contributed by atoms with E-state index in [1.54, 1.807) is 0 Å². The van der Waals surface area contributed by atoms with Gasteiger partial charge in [-0.25, -0.2) is 12.4 Å². The molecule has 7 heteroatoms. The summed E-state index contributed by atoms with van der Waals surface area (Å²) >= 11 is 0. The molecule has 5 rings (SSSR count). The molecule has 34 heavy (non-hydrogen) atoms. The minimum absolute atomic E-state index is 0.388. The summed E-state index contributed by atoms with van der Waals surface area (Å²) < 4.78 is 30.1. The SMILES string of the molecule is CCc1ccc2ccccc2c1S(=O)(=O)n1c(C)c(/C=N/N2CCN(C)CC2)c2ccccc21. The highest BCUT2D eigenvalue weighted by atomic mass is 32.2. The highest BCUT2D eigenvalue weighted by Crippen LogP contribution is 2.34. The van der Waals surface area contributed by atoms with Gasteiger partial charge in [-0.05, 0) is 37.4 Å². The molecule has 1 aliphatic heterocycles. The third-order valence-electron chi connectivity index (χ3n) is 6.78. The fourth-order valence-electron chi connectivity index (χ4n) is 4.85. The van der Waals surface area contributed by atoms with Crippen LogP contribution in [0.3, 0.4) is 0 Å². The number of para-hydroxylation sites is 1. The number of fused-ring (bicyclic) bond motifs is 2. The Kier molecular flexibility index (Phi) is 5.91. The summed E-state index contributed by atoms with van der Waals surface area (Å²) in [4.78, 5) is 2.67. The summed E-state index contributed by atoms with van der Waals surface area (Å²) in [5.74, 6) is 0. The lowest BCUT2D eigenvalue weighted by molar-refractivity contribution is 0.159. The second-order valence-corrected chi connectivity index (χ2v) is 10.6. The van der Waals surface area contributed by atoms with Crippen molar-refractivity contribution < 1.29 is 8.42 Å². The van der Waals surface area contributed by atoms with Crippen LogP contribution < -0.4 is 0 Å². The average Bonchev–Trinajstić information content (AvgIpc) is 3.14. The number of hydrogen-bond acceptors (Lipinski definition) is 5. The van der Waals surface area contributed by atoms with Crippen molar-refractivity contribution in [2.24, 2.45) is 5.10 Å². The van der Waals surface area contributed by atoms with E-state index in [0.717, 1.165) is 53.5 Å². The largest absolute Gasteiger partial charge is 0.303 e. The molecule has 0 unspecified atom stereocenters. The third kappa shape index (κ3) is 3.79. The summed E-state index contributed by atoms with van der Waals surface area (Å²) in [6, 6.07) is 19.3. The van der Waals surface area contributed by atoms with Gasteiger partial charge in [-0.15, -0.1) is 0 Å². The van der Waals surface area contributed by atoms with Crippen molar-refractivity contribution in [1.29, 1.82) is 0 Å². The van der Waals surface area contributed by atoms with Gasteiger partial charge in [0.2, 0.25) is 0 Å². The fourth-order valence-corrected chi connectivity index (χ4v) is 6.92. The first kappa shape index (κ1) is 22.6. The molecule has 0 amide bonds. The van der Waals surface area contributed by atoms with Crippen LogP contribution in [0.25, 0.3) is 21.7 Å². The third-order valence-corrected chi connectivity index (χ3v) is 8.73. The molecule has 1 fully saturated rings. The monoisotopic (exact) mass is 474 g/mol. The topological polar surface area (TPSA) is 57.9 Å². The minimum atomic E-state index is -3.86. The Morgan fingerprint density at radius 1 is 0.912 bits per heavy atom. The molecule has 0 saturated carbocycles. The number of nitrogens with zero attached hydrogens (tertiary/aromatic N) is 4. The number of hydrogen-bond donors (Lipinski definition) is 0. The van der Waals surface area contributed by atoms with Gasteiger partial charge in [0.05, 0.1) is 16.6 Å². The second kappa shape index (κ2) is 8.89. The molecule has 1 aromatic heterocycles. The second-order valence-electron chi connectivity index (χ2n) is 8.92. The van der Waals surface area contributed by atoms with E-state index in [9.17, 15) is 8.42 Å². The highest BCUT2D eigenvalue weighted by molar-refractivity contribution is 7.90. The van der Waals surface area contributed by atoms with Gasteiger partial charge < -0.3 is 4.90 Å². The van der Waals surface area contributed by atoms with Crippen LogP contribution in [0.2, 0.25) is 0 Å². The summed E-state index contributed by atoms with van der Waals surface area (Å²) in [6.07, 6.45) is 2.47. The number of hydrazone groups is 1. The van der Waals surface area contributed by atoms with E-state index in [-0.39, 0.29) is 0 Å².